The average Bonchev–Trinajstić information content (AvgIpc) is 2.45. The molecule has 1 unspecified atom stereocenters. The quantitative estimate of drug-likeness (QED) is 0.771. The third-order valence-electron chi connectivity index (χ3n) is 3.79. The minimum absolute atomic E-state index is 0.124. The van der Waals surface area contributed by atoms with Crippen molar-refractivity contribution < 1.29 is 9.84 Å². The Kier molecular flexibility index (Phi) is 6.69. The van der Waals surface area contributed by atoms with E-state index in [2.05, 4.69) is 45.1 Å². The highest BCUT2D eigenvalue weighted by atomic mass is 16.5. The van der Waals surface area contributed by atoms with Gasteiger partial charge in [-0.1, -0.05) is 39.8 Å². The van der Waals surface area contributed by atoms with Crippen LogP contribution in [0.1, 0.15) is 53.0 Å². The fourth-order valence-corrected chi connectivity index (χ4v) is 2.10. The maximum atomic E-state index is 9.52. The Hall–Kier alpha value is -1.06. The minimum atomic E-state index is -0.263. The molecule has 3 nitrogen and oxygen atoms in total. The highest BCUT2D eigenvalue weighted by molar-refractivity contribution is 5.31. The van der Waals surface area contributed by atoms with Crippen molar-refractivity contribution in [2.45, 2.75) is 58.4 Å². The molecule has 0 spiro atoms. The Balaban J connectivity index is 2.48. The maximum absolute atomic E-state index is 9.52. The van der Waals surface area contributed by atoms with E-state index < -0.39 is 0 Å². The normalized spacial score (nSPS) is 14.8. The Morgan fingerprint density at radius 2 is 1.71 bits per heavy atom. The van der Waals surface area contributed by atoms with Crippen molar-refractivity contribution in [3.63, 3.8) is 0 Å². The second-order valence-corrected chi connectivity index (χ2v) is 7.02. The van der Waals surface area contributed by atoms with Crippen LogP contribution < -0.4 is 10.1 Å². The van der Waals surface area contributed by atoms with Gasteiger partial charge in [0.2, 0.25) is 0 Å². The molecular weight excluding hydrogens is 262 g/mol. The van der Waals surface area contributed by atoms with E-state index in [-0.39, 0.29) is 17.6 Å². The zero-order valence-corrected chi connectivity index (χ0v) is 14.2. The Labute approximate surface area is 129 Å². The first-order chi connectivity index (χ1) is 9.80. The van der Waals surface area contributed by atoms with Crippen LogP contribution in [0, 0.1) is 0 Å². The molecule has 0 aliphatic carbocycles. The standard InChI is InChI=1S/C18H31NO2/c1-6-12-19-18(5,14-20)11-13-21-16-9-7-15(8-10-16)17(2,3)4/h7-10,19-20H,6,11-14H2,1-5H3. The van der Waals surface area contributed by atoms with E-state index in [1.54, 1.807) is 0 Å². The van der Waals surface area contributed by atoms with Gasteiger partial charge in [0.25, 0.3) is 0 Å². The van der Waals surface area contributed by atoms with Gasteiger partial charge in [0, 0.05) is 12.0 Å². The number of nitrogens with one attached hydrogen (secondary N) is 1. The van der Waals surface area contributed by atoms with Gasteiger partial charge in [-0.3, -0.25) is 0 Å². The van der Waals surface area contributed by atoms with Crippen molar-refractivity contribution in [1.29, 1.82) is 0 Å². The first kappa shape index (κ1) is 18.0. The van der Waals surface area contributed by atoms with Crippen molar-refractivity contribution >= 4 is 0 Å². The lowest BCUT2D eigenvalue weighted by Crippen LogP contribution is -2.47. The summed E-state index contributed by atoms with van der Waals surface area (Å²) < 4.78 is 5.80. The van der Waals surface area contributed by atoms with E-state index in [1.165, 1.54) is 5.56 Å². The lowest BCUT2D eigenvalue weighted by molar-refractivity contribution is 0.144. The molecule has 0 radical (unpaired) electrons. The predicted molar refractivity (Wildman–Crippen MR) is 89.0 cm³/mol. The summed E-state index contributed by atoms with van der Waals surface area (Å²) in [5.74, 6) is 0.888. The molecule has 0 heterocycles. The third-order valence-corrected chi connectivity index (χ3v) is 3.79. The van der Waals surface area contributed by atoms with E-state index in [0.717, 1.165) is 25.1 Å². The number of rotatable bonds is 8. The summed E-state index contributed by atoms with van der Waals surface area (Å²) in [6.07, 6.45) is 1.84. The predicted octanol–water partition coefficient (Wildman–Crippen LogP) is 3.50. The molecule has 0 aliphatic heterocycles. The zero-order valence-electron chi connectivity index (χ0n) is 14.2. The lowest BCUT2D eigenvalue weighted by Gasteiger charge is -2.28. The van der Waals surface area contributed by atoms with E-state index in [4.69, 9.17) is 4.74 Å². The topological polar surface area (TPSA) is 41.5 Å². The van der Waals surface area contributed by atoms with Crippen molar-refractivity contribution in [3.8, 4) is 5.75 Å². The molecule has 2 N–H and O–H groups in total. The fourth-order valence-electron chi connectivity index (χ4n) is 2.10. The zero-order chi connectivity index (χ0) is 15.9. The number of aliphatic hydroxyl groups is 1. The van der Waals surface area contributed by atoms with E-state index in [9.17, 15) is 5.11 Å². The molecule has 0 aliphatic rings. The summed E-state index contributed by atoms with van der Waals surface area (Å²) >= 11 is 0. The number of ether oxygens (including phenoxy) is 1. The Morgan fingerprint density at radius 1 is 1.10 bits per heavy atom. The summed E-state index contributed by atoms with van der Waals surface area (Å²) in [4.78, 5) is 0. The van der Waals surface area contributed by atoms with Gasteiger partial charge in [0.1, 0.15) is 5.75 Å². The summed E-state index contributed by atoms with van der Waals surface area (Å²) in [7, 11) is 0. The summed E-state index contributed by atoms with van der Waals surface area (Å²) in [6, 6.07) is 8.29. The molecule has 0 amide bonds. The summed E-state index contributed by atoms with van der Waals surface area (Å²) in [5.41, 5.74) is 1.21. The highest BCUT2D eigenvalue weighted by Crippen LogP contribution is 2.24. The fraction of sp³-hybridized carbons (Fsp3) is 0.667. The molecule has 1 atom stereocenters. The second kappa shape index (κ2) is 7.81. The highest BCUT2D eigenvalue weighted by Gasteiger charge is 2.22. The van der Waals surface area contributed by atoms with Gasteiger partial charge in [0.15, 0.2) is 0 Å². The van der Waals surface area contributed by atoms with Gasteiger partial charge in [0.05, 0.1) is 13.2 Å². The molecule has 1 aromatic carbocycles. The third kappa shape index (κ3) is 6.06. The molecule has 1 rings (SSSR count). The molecule has 0 saturated heterocycles. The van der Waals surface area contributed by atoms with Gasteiger partial charge in [-0.05, 0) is 43.0 Å². The van der Waals surface area contributed by atoms with Crippen molar-refractivity contribution in [3.05, 3.63) is 29.8 Å². The Bertz CT molecular complexity index is 408. The summed E-state index contributed by atoms with van der Waals surface area (Å²) in [6.45, 7) is 12.4. The van der Waals surface area contributed by atoms with Crippen LogP contribution in [0.3, 0.4) is 0 Å². The van der Waals surface area contributed by atoms with Gasteiger partial charge in [-0.15, -0.1) is 0 Å². The van der Waals surface area contributed by atoms with E-state index in [1.807, 2.05) is 19.1 Å². The number of aliphatic hydroxyl groups excluding tert-OH is 1. The van der Waals surface area contributed by atoms with Crippen LogP contribution in [0.15, 0.2) is 24.3 Å². The van der Waals surface area contributed by atoms with Crippen LogP contribution in [0.25, 0.3) is 0 Å². The Morgan fingerprint density at radius 3 is 2.19 bits per heavy atom. The molecule has 0 aromatic heterocycles. The number of hydrogen-bond donors (Lipinski definition) is 2. The smallest absolute Gasteiger partial charge is 0.119 e. The average molecular weight is 293 g/mol. The van der Waals surface area contributed by atoms with Crippen LogP contribution in [0.2, 0.25) is 0 Å². The van der Waals surface area contributed by atoms with Gasteiger partial charge < -0.3 is 15.2 Å². The first-order valence-electron chi connectivity index (χ1n) is 7.90. The first-order valence-corrected chi connectivity index (χ1v) is 7.90. The summed E-state index contributed by atoms with van der Waals surface area (Å²) in [5, 5.41) is 12.9. The molecule has 0 fully saturated rings. The van der Waals surface area contributed by atoms with Crippen molar-refractivity contribution in [2.24, 2.45) is 0 Å². The van der Waals surface area contributed by atoms with Crippen LogP contribution in [-0.4, -0.2) is 30.4 Å². The second-order valence-electron chi connectivity index (χ2n) is 7.02. The van der Waals surface area contributed by atoms with Gasteiger partial charge in [-0.25, -0.2) is 0 Å². The van der Waals surface area contributed by atoms with Gasteiger partial charge in [-0.2, -0.15) is 0 Å². The molecule has 120 valence electrons. The van der Waals surface area contributed by atoms with Crippen molar-refractivity contribution in [1.82, 2.24) is 5.32 Å². The van der Waals surface area contributed by atoms with Crippen LogP contribution in [0.5, 0.6) is 5.75 Å². The molecule has 1 aromatic rings. The van der Waals surface area contributed by atoms with Crippen LogP contribution in [0.4, 0.5) is 0 Å². The number of hydrogen-bond acceptors (Lipinski definition) is 3. The van der Waals surface area contributed by atoms with Gasteiger partial charge >= 0.3 is 0 Å². The largest absolute Gasteiger partial charge is 0.494 e. The van der Waals surface area contributed by atoms with Crippen molar-refractivity contribution in [2.75, 3.05) is 19.8 Å². The monoisotopic (exact) mass is 293 g/mol. The molecular formula is C18H31NO2. The molecule has 3 heteroatoms. The molecule has 0 saturated carbocycles. The minimum Gasteiger partial charge on any atom is -0.494 e. The maximum Gasteiger partial charge on any atom is 0.119 e. The van der Waals surface area contributed by atoms with Crippen LogP contribution in [-0.2, 0) is 5.41 Å². The lowest BCUT2D eigenvalue weighted by atomic mass is 9.87. The van der Waals surface area contributed by atoms with E-state index in [0.29, 0.717) is 6.61 Å². The SMILES string of the molecule is CCCNC(C)(CO)CCOc1ccc(C(C)(C)C)cc1. The van der Waals surface area contributed by atoms with E-state index >= 15 is 0 Å². The molecule has 21 heavy (non-hydrogen) atoms. The van der Waals surface area contributed by atoms with Crippen LogP contribution >= 0.6 is 0 Å². The number of benzene rings is 1. The molecule has 0 bridgehead atoms.